The molecule has 90 valence electrons. The average molecular weight is 226 g/mol. The van der Waals surface area contributed by atoms with Crippen LogP contribution in [0.4, 0.5) is 0 Å². The molecule has 0 amide bonds. The summed E-state index contributed by atoms with van der Waals surface area (Å²) in [5, 5.41) is 16.9. The first-order chi connectivity index (χ1) is 7.41. The summed E-state index contributed by atoms with van der Waals surface area (Å²) in [6.45, 7) is 3.67. The lowest BCUT2D eigenvalue weighted by Gasteiger charge is -2.01. The normalized spacial score (nSPS) is 12.6. The van der Waals surface area contributed by atoms with E-state index in [4.69, 9.17) is 10.2 Å². The summed E-state index contributed by atoms with van der Waals surface area (Å²) in [6, 6.07) is 0. The van der Waals surface area contributed by atoms with Gasteiger partial charge in [0.1, 0.15) is 0 Å². The maximum absolute atomic E-state index is 10.3. The third-order valence-electron chi connectivity index (χ3n) is 2.14. The Kier molecular flexibility index (Phi) is 6.92. The van der Waals surface area contributed by atoms with Crippen molar-refractivity contribution >= 4 is 11.9 Å². The second-order valence-electron chi connectivity index (χ2n) is 3.83. The molecule has 0 spiro atoms. The van der Waals surface area contributed by atoms with Crippen molar-refractivity contribution in [1.82, 2.24) is 0 Å². The van der Waals surface area contributed by atoms with E-state index in [1.807, 2.05) is 6.92 Å². The van der Waals surface area contributed by atoms with Gasteiger partial charge in [0.05, 0.1) is 6.42 Å². The Bertz CT molecular complexity index is 313. The highest BCUT2D eigenvalue weighted by Crippen LogP contribution is 2.12. The number of allylic oxidation sites excluding steroid dienone is 2. The SMILES string of the molecule is C/C(=C\CC(=O)O)CCC/C(C)=C/C(=O)O. The molecule has 0 aliphatic heterocycles. The maximum atomic E-state index is 10.3. The third kappa shape index (κ3) is 8.99. The molecule has 0 radical (unpaired) electrons. The van der Waals surface area contributed by atoms with Crippen LogP contribution in [0.5, 0.6) is 0 Å². The molecular weight excluding hydrogens is 208 g/mol. The van der Waals surface area contributed by atoms with Gasteiger partial charge in [-0.25, -0.2) is 4.79 Å². The van der Waals surface area contributed by atoms with Gasteiger partial charge in [-0.1, -0.05) is 17.2 Å². The highest BCUT2D eigenvalue weighted by molar-refractivity contribution is 5.80. The van der Waals surface area contributed by atoms with E-state index < -0.39 is 11.9 Å². The zero-order valence-electron chi connectivity index (χ0n) is 9.69. The van der Waals surface area contributed by atoms with Crippen LogP contribution in [0.25, 0.3) is 0 Å². The van der Waals surface area contributed by atoms with E-state index in [0.717, 1.165) is 30.4 Å². The van der Waals surface area contributed by atoms with Gasteiger partial charge < -0.3 is 10.2 Å². The van der Waals surface area contributed by atoms with Crippen molar-refractivity contribution in [2.24, 2.45) is 0 Å². The first-order valence-electron chi connectivity index (χ1n) is 5.19. The number of carboxylic acid groups (broad SMARTS) is 2. The van der Waals surface area contributed by atoms with Crippen molar-refractivity contribution < 1.29 is 19.8 Å². The van der Waals surface area contributed by atoms with Crippen LogP contribution in [-0.4, -0.2) is 22.2 Å². The van der Waals surface area contributed by atoms with E-state index in [2.05, 4.69) is 0 Å². The number of carbonyl (C=O) groups is 2. The molecule has 0 aromatic carbocycles. The number of carboxylic acids is 2. The quantitative estimate of drug-likeness (QED) is 0.517. The van der Waals surface area contributed by atoms with Crippen LogP contribution in [0, 0.1) is 0 Å². The Morgan fingerprint density at radius 1 is 1.06 bits per heavy atom. The van der Waals surface area contributed by atoms with E-state index >= 15 is 0 Å². The third-order valence-corrected chi connectivity index (χ3v) is 2.14. The molecular formula is C12H18O4. The minimum atomic E-state index is -0.921. The Hall–Kier alpha value is -1.58. The van der Waals surface area contributed by atoms with Gasteiger partial charge in [-0.15, -0.1) is 0 Å². The van der Waals surface area contributed by atoms with Gasteiger partial charge in [0, 0.05) is 6.08 Å². The monoisotopic (exact) mass is 226 g/mol. The first kappa shape index (κ1) is 14.4. The van der Waals surface area contributed by atoms with Crippen molar-refractivity contribution in [3.63, 3.8) is 0 Å². The molecule has 0 bridgehead atoms. The topological polar surface area (TPSA) is 74.6 Å². The molecule has 0 aromatic heterocycles. The van der Waals surface area contributed by atoms with Gasteiger partial charge in [0.25, 0.3) is 0 Å². The summed E-state index contributed by atoms with van der Waals surface area (Å²) >= 11 is 0. The smallest absolute Gasteiger partial charge is 0.328 e. The molecule has 0 saturated carbocycles. The summed E-state index contributed by atoms with van der Waals surface area (Å²) in [4.78, 5) is 20.6. The van der Waals surface area contributed by atoms with Gasteiger partial charge in [0.15, 0.2) is 0 Å². The van der Waals surface area contributed by atoms with E-state index in [9.17, 15) is 9.59 Å². The lowest BCUT2D eigenvalue weighted by atomic mass is 10.1. The molecule has 0 heterocycles. The summed E-state index contributed by atoms with van der Waals surface area (Å²) in [7, 11) is 0. The van der Waals surface area contributed by atoms with Crippen LogP contribution < -0.4 is 0 Å². The summed E-state index contributed by atoms with van der Waals surface area (Å²) in [6.07, 6.45) is 5.32. The number of aliphatic carboxylic acids is 2. The zero-order valence-corrected chi connectivity index (χ0v) is 9.69. The van der Waals surface area contributed by atoms with Gasteiger partial charge in [-0.2, -0.15) is 0 Å². The Balaban J connectivity index is 3.86. The molecule has 0 aliphatic rings. The van der Waals surface area contributed by atoms with Gasteiger partial charge >= 0.3 is 11.9 Å². The summed E-state index contributed by atoms with van der Waals surface area (Å²) in [5.74, 6) is -1.75. The van der Waals surface area contributed by atoms with Crippen LogP contribution in [0.15, 0.2) is 23.3 Å². The van der Waals surface area contributed by atoms with Gasteiger partial charge in [-0.05, 0) is 33.1 Å². The predicted molar refractivity (Wildman–Crippen MR) is 61.3 cm³/mol. The number of hydrogen-bond donors (Lipinski definition) is 2. The molecule has 0 unspecified atom stereocenters. The van der Waals surface area contributed by atoms with Gasteiger partial charge in [-0.3, -0.25) is 4.79 Å². The number of hydrogen-bond acceptors (Lipinski definition) is 2. The van der Waals surface area contributed by atoms with E-state index in [0.29, 0.717) is 0 Å². The molecule has 0 rings (SSSR count). The Morgan fingerprint density at radius 3 is 2.12 bits per heavy atom. The molecule has 4 nitrogen and oxygen atoms in total. The average Bonchev–Trinajstić information content (AvgIpc) is 2.13. The van der Waals surface area contributed by atoms with Crippen molar-refractivity contribution in [3.8, 4) is 0 Å². The van der Waals surface area contributed by atoms with Crippen molar-refractivity contribution in [1.29, 1.82) is 0 Å². The van der Waals surface area contributed by atoms with Crippen molar-refractivity contribution in [3.05, 3.63) is 23.3 Å². The summed E-state index contributed by atoms with van der Waals surface area (Å²) < 4.78 is 0. The molecule has 0 aliphatic carbocycles. The standard InChI is InChI=1S/C12H18O4/c1-9(6-7-11(13)14)4-3-5-10(2)8-12(15)16/h6,8H,3-5,7H2,1-2H3,(H,13,14)(H,15,16)/b9-6+,10-8+. The van der Waals surface area contributed by atoms with Crippen molar-refractivity contribution in [2.75, 3.05) is 0 Å². The second kappa shape index (κ2) is 7.68. The molecule has 0 saturated heterocycles. The van der Waals surface area contributed by atoms with Crippen LogP contribution in [-0.2, 0) is 9.59 Å². The highest BCUT2D eigenvalue weighted by Gasteiger charge is 1.97. The minimum Gasteiger partial charge on any atom is -0.481 e. The maximum Gasteiger partial charge on any atom is 0.328 e. The lowest BCUT2D eigenvalue weighted by molar-refractivity contribution is -0.136. The van der Waals surface area contributed by atoms with Crippen LogP contribution in [0.1, 0.15) is 39.5 Å². The van der Waals surface area contributed by atoms with Crippen molar-refractivity contribution in [2.45, 2.75) is 39.5 Å². The van der Waals surface area contributed by atoms with Crippen LogP contribution in [0.2, 0.25) is 0 Å². The van der Waals surface area contributed by atoms with E-state index in [1.54, 1.807) is 13.0 Å². The second-order valence-corrected chi connectivity index (χ2v) is 3.83. The van der Waals surface area contributed by atoms with Crippen LogP contribution >= 0.6 is 0 Å². The Labute approximate surface area is 95.3 Å². The fourth-order valence-electron chi connectivity index (χ4n) is 1.29. The van der Waals surface area contributed by atoms with Gasteiger partial charge in [0.2, 0.25) is 0 Å². The minimum absolute atomic E-state index is 0.0514. The fourth-order valence-corrected chi connectivity index (χ4v) is 1.29. The molecule has 0 fully saturated rings. The highest BCUT2D eigenvalue weighted by atomic mass is 16.4. The van der Waals surface area contributed by atoms with E-state index in [-0.39, 0.29) is 6.42 Å². The molecule has 4 heteroatoms. The predicted octanol–water partition coefficient (Wildman–Crippen LogP) is 2.61. The molecule has 16 heavy (non-hydrogen) atoms. The zero-order chi connectivity index (χ0) is 12.6. The number of rotatable bonds is 7. The molecule has 0 atom stereocenters. The lowest BCUT2D eigenvalue weighted by Crippen LogP contribution is -1.92. The fraction of sp³-hybridized carbons (Fsp3) is 0.500. The largest absolute Gasteiger partial charge is 0.481 e. The van der Waals surface area contributed by atoms with E-state index in [1.165, 1.54) is 6.08 Å². The Morgan fingerprint density at radius 2 is 1.62 bits per heavy atom. The van der Waals surface area contributed by atoms with Crippen LogP contribution in [0.3, 0.4) is 0 Å². The first-order valence-corrected chi connectivity index (χ1v) is 5.19. The molecule has 2 N–H and O–H groups in total. The summed E-state index contributed by atoms with van der Waals surface area (Å²) in [5.41, 5.74) is 1.86. The molecule has 0 aromatic rings.